The first-order chi connectivity index (χ1) is 7.74. The van der Waals surface area contributed by atoms with Crippen LogP contribution in [0, 0.1) is 0 Å². The van der Waals surface area contributed by atoms with Gasteiger partial charge in [-0.05, 0) is 19.5 Å². The zero-order valence-electron chi connectivity index (χ0n) is 9.94. The van der Waals surface area contributed by atoms with Crippen LogP contribution in [0.1, 0.15) is 18.3 Å². The first-order valence-electron chi connectivity index (χ1n) is 5.46. The molecule has 5 heteroatoms. The molecule has 0 aliphatic rings. The van der Waals surface area contributed by atoms with E-state index in [9.17, 15) is 0 Å². The average molecular weight is 219 g/mol. The minimum Gasteiger partial charge on any atom is -0.314 e. The summed E-state index contributed by atoms with van der Waals surface area (Å²) >= 11 is 0. The van der Waals surface area contributed by atoms with E-state index < -0.39 is 0 Å². The largest absolute Gasteiger partial charge is 0.314 e. The van der Waals surface area contributed by atoms with Crippen LogP contribution in [-0.4, -0.2) is 26.6 Å². The van der Waals surface area contributed by atoms with E-state index in [0.29, 0.717) is 0 Å². The van der Waals surface area contributed by atoms with Crippen LogP contribution in [0.25, 0.3) is 5.69 Å². The van der Waals surface area contributed by atoms with Crippen molar-refractivity contribution in [3.05, 3.63) is 29.8 Å². The molecule has 2 aromatic heterocycles. The SMILES string of the molecule is CCc1nn(C)cc1-n1ccc(CNC)n1. The molecule has 0 unspecified atom stereocenters. The van der Waals surface area contributed by atoms with Crippen molar-refractivity contribution in [3.8, 4) is 5.69 Å². The van der Waals surface area contributed by atoms with Crippen LogP contribution in [0.2, 0.25) is 0 Å². The molecule has 0 aliphatic carbocycles. The fourth-order valence-electron chi connectivity index (χ4n) is 1.74. The monoisotopic (exact) mass is 219 g/mol. The number of aryl methyl sites for hydroxylation is 2. The van der Waals surface area contributed by atoms with Crippen molar-refractivity contribution in [3.63, 3.8) is 0 Å². The zero-order chi connectivity index (χ0) is 11.5. The minimum atomic E-state index is 0.786. The highest BCUT2D eigenvalue weighted by Crippen LogP contribution is 2.12. The topological polar surface area (TPSA) is 47.7 Å². The summed E-state index contributed by atoms with van der Waals surface area (Å²) < 4.78 is 3.71. The maximum absolute atomic E-state index is 4.49. The van der Waals surface area contributed by atoms with Gasteiger partial charge in [0.15, 0.2) is 0 Å². The Morgan fingerprint density at radius 2 is 2.19 bits per heavy atom. The third kappa shape index (κ3) is 1.99. The number of nitrogens with zero attached hydrogens (tertiary/aromatic N) is 4. The molecular weight excluding hydrogens is 202 g/mol. The first kappa shape index (κ1) is 10.9. The first-order valence-corrected chi connectivity index (χ1v) is 5.46. The molecule has 1 N–H and O–H groups in total. The van der Waals surface area contributed by atoms with Gasteiger partial charge in [-0.3, -0.25) is 4.68 Å². The van der Waals surface area contributed by atoms with Gasteiger partial charge >= 0.3 is 0 Å². The number of nitrogens with one attached hydrogen (secondary N) is 1. The van der Waals surface area contributed by atoms with E-state index >= 15 is 0 Å². The normalized spacial score (nSPS) is 10.9. The quantitative estimate of drug-likeness (QED) is 0.830. The maximum Gasteiger partial charge on any atom is 0.106 e. The predicted molar refractivity (Wildman–Crippen MR) is 62.5 cm³/mol. The van der Waals surface area contributed by atoms with Gasteiger partial charge in [0.1, 0.15) is 5.69 Å². The van der Waals surface area contributed by atoms with Crippen LogP contribution in [0.3, 0.4) is 0 Å². The molecule has 16 heavy (non-hydrogen) atoms. The highest BCUT2D eigenvalue weighted by Gasteiger charge is 2.08. The van der Waals surface area contributed by atoms with Crippen molar-refractivity contribution in [2.24, 2.45) is 7.05 Å². The molecule has 0 amide bonds. The minimum absolute atomic E-state index is 0.786. The summed E-state index contributed by atoms with van der Waals surface area (Å²) in [6.07, 6.45) is 4.88. The molecule has 0 radical (unpaired) electrons. The van der Waals surface area contributed by atoms with Gasteiger partial charge in [-0.1, -0.05) is 6.92 Å². The molecule has 0 bridgehead atoms. The molecule has 2 rings (SSSR count). The van der Waals surface area contributed by atoms with Gasteiger partial charge in [0.05, 0.1) is 17.6 Å². The second-order valence-electron chi connectivity index (χ2n) is 3.77. The second-order valence-corrected chi connectivity index (χ2v) is 3.77. The maximum atomic E-state index is 4.49. The summed E-state index contributed by atoms with van der Waals surface area (Å²) in [7, 11) is 3.85. The van der Waals surface area contributed by atoms with E-state index in [1.807, 2.05) is 41.9 Å². The number of rotatable bonds is 4. The third-order valence-electron chi connectivity index (χ3n) is 2.47. The van der Waals surface area contributed by atoms with Crippen LogP contribution < -0.4 is 5.32 Å². The van der Waals surface area contributed by atoms with Crippen molar-refractivity contribution >= 4 is 0 Å². The van der Waals surface area contributed by atoms with Gasteiger partial charge in [-0.15, -0.1) is 0 Å². The smallest absolute Gasteiger partial charge is 0.106 e. The van der Waals surface area contributed by atoms with Crippen LogP contribution in [-0.2, 0) is 20.0 Å². The van der Waals surface area contributed by atoms with Crippen LogP contribution >= 0.6 is 0 Å². The van der Waals surface area contributed by atoms with Gasteiger partial charge in [0, 0.05) is 19.8 Å². The Kier molecular flexibility index (Phi) is 3.05. The lowest BCUT2D eigenvalue weighted by Crippen LogP contribution is -2.06. The van der Waals surface area contributed by atoms with Gasteiger partial charge < -0.3 is 5.32 Å². The molecule has 0 atom stereocenters. The van der Waals surface area contributed by atoms with Gasteiger partial charge in [-0.2, -0.15) is 10.2 Å². The Bertz CT molecular complexity index is 468. The fourth-order valence-corrected chi connectivity index (χ4v) is 1.74. The molecule has 0 fully saturated rings. The summed E-state index contributed by atoms with van der Waals surface area (Å²) in [4.78, 5) is 0. The highest BCUT2D eigenvalue weighted by atomic mass is 15.3. The van der Waals surface area contributed by atoms with Gasteiger partial charge in [-0.25, -0.2) is 4.68 Å². The Balaban J connectivity index is 2.34. The van der Waals surface area contributed by atoms with E-state index in [0.717, 1.165) is 30.0 Å². The molecule has 2 aromatic rings. The molecule has 0 saturated carbocycles. The Labute approximate surface area is 95.1 Å². The lowest BCUT2D eigenvalue weighted by Gasteiger charge is -1.99. The third-order valence-corrected chi connectivity index (χ3v) is 2.47. The number of hydrogen-bond acceptors (Lipinski definition) is 3. The fraction of sp³-hybridized carbons (Fsp3) is 0.455. The highest BCUT2D eigenvalue weighted by molar-refractivity contribution is 5.33. The average Bonchev–Trinajstić information content (AvgIpc) is 2.85. The predicted octanol–water partition coefficient (Wildman–Crippen LogP) is 0.888. The van der Waals surface area contributed by atoms with Crippen molar-refractivity contribution in [2.45, 2.75) is 19.9 Å². The Hall–Kier alpha value is -1.62. The molecule has 0 aromatic carbocycles. The van der Waals surface area contributed by atoms with Crippen LogP contribution in [0.15, 0.2) is 18.5 Å². The Morgan fingerprint density at radius 3 is 2.88 bits per heavy atom. The molecule has 86 valence electrons. The molecule has 0 spiro atoms. The summed E-state index contributed by atoms with van der Waals surface area (Å²) in [6, 6.07) is 2.02. The van der Waals surface area contributed by atoms with E-state index in [2.05, 4.69) is 22.4 Å². The van der Waals surface area contributed by atoms with Crippen LogP contribution in [0.4, 0.5) is 0 Å². The molecular formula is C11H17N5. The summed E-state index contributed by atoms with van der Waals surface area (Å²) in [5, 5.41) is 12.0. The van der Waals surface area contributed by atoms with Crippen molar-refractivity contribution in [1.82, 2.24) is 24.9 Å². The van der Waals surface area contributed by atoms with E-state index in [4.69, 9.17) is 0 Å². The standard InChI is InChI=1S/C11H17N5/c1-4-10-11(8-15(3)14-10)16-6-5-9(13-16)7-12-2/h5-6,8,12H,4,7H2,1-3H3. The molecule has 0 aliphatic heterocycles. The lowest BCUT2D eigenvalue weighted by molar-refractivity contribution is 0.746. The number of aromatic nitrogens is 4. The van der Waals surface area contributed by atoms with Crippen molar-refractivity contribution in [2.75, 3.05) is 7.05 Å². The van der Waals surface area contributed by atoms with Crippen LogP contribution in [0.5, 0.6) is 0 Å². The lowest BCUT2D eigenvalue weighted by atomic mass is 10.3. The molecule has 0 saturated heterocycles. The summed E-state index contributed by atoms with van der Waals surface area (Å²) in [5.41, 5.74) is 3.17. The zero-order valence-corrected chi connectivity index (χ0v) is 9.94. The number of hydrogen-bond donors (Lipinski definition) is 1. The second kappa shape index (κ2) is 4.49. The van der Waals surface area contributed by atoms with Crippen molar-refractivity contribution in [1.29, 1.82) is 0 Å². The summed E-state index contributed by atoms with van der Waals surface area (Å²) in [5.74, 6) is 0. The van der Waals surface area contributed by atoms with E-state index in [1.54, 1.807) is 0 Å². The summed E-state index contributed by atoms with van der Waals surface area (Å²) in [6.45, 7) is 2.89. The molecule has 2 heterocycles. The Morgan fingerprint density at radius 1 is 1.38 bits per heavy atom. The van der Waals surface area contributed by atoms with Gasteiger partial charge in [0.2, 0.25) is 0 Å². The van der Waals surface area contributed by atoms with E-state index in [1.165, 1.54) is 0 Å². The van der Waals surface area contributed by atoms with E-state index in [-0.39, 0.29) is 0 Å². The van der Waals surface area contributed by atoms with Gasteiger partial charge in [0.25, 0.3) is 0 Å². The molecule has 5 nitrogen and oxygen atoms in total. The van der Waals surface area contributed by atoms with Crippen molar-refractivity contribution < 1.29 is 0 Å².